The molecule has 0 bridgehead atoms. The van der Waals surface area contributed by atoms with E-state index in [-0.39, 0.29) is 0 Å². The van der Waals surface area contributed by atoms with E-state index in [2.05, 4.69) is 13.1 Å². The molecule has 1 fully saturated rings. The predicted octanol–water partition coefficient (Wildman–Crippen LogP) is -2.06. The maximum atomic E-state index is 12.2. The second-order valence-electron chi connectivity index (χ2n) is 6.59. The van der Waals surface area contributed by atoms with E-state index in [1.54, 1.807) is 0 Å². The number of carbonyl (C=O) groups is 3. The highest BCUT2D eigenvalue weighted by Gasteiger charge is 2.51. The molecule has 0 aromatic carbocycles. The van der Waals surface area contributed by atoms with Gasteiger partial charge in [0.1, 0.15) is 29.7 Å². The highest BCUT2D eigenvalue weighted by Crippen LogP contribution is 2.66. The van der Waals surface area contributed by atoms with Crippen LogP contribution in [0.25, 0.3) is 0 Å². The predicted molar refractivity (Wildman–Crippen MR) is 105 cm³/mol. The van der Waals surface area contributed by atoms with Crippen LogP contribution in [0, 0.1) is 0 Å². The molecular formula is C12H18NO17P3S. The molecule has 0 aromatic heterocycles. The minimum Gasteiger partial charge on any atom is -0.480 e. The molecule has 2 rings (SSSR count). The third-order valence-corrected chi connectivity index (χ3v) is 9.03. The third-order valence-electron chi connectivity index (χ3n) is 4.03. The van der Waals surface area contributed by atoms with Gasteiger partial charge in [0.15, 0.2) is 0 Å². The topological polar surface area (TPSA) is 293 Å². The van der Waals surface area contributed by atoms with Gasteiger partial charge in [0.05, 0.1) is 17.1 Å². The number of amides is 2. The highest BCUT2D eigenvalue weighted by molar-refractivity contribution is 8.05. The van der Waals surface area contributed by atoms with Gasteiger partial charge in [-0.3, -0.25) is 24.2 Å². The van der Waals surface area contributed by atoms with Gasteiger partial charge >= 0.3 is 29.4 Å². The van der Waals surface area contributed by atoms with Gasteiger partial charge in [-0.15, -0.1) is 11.8 Å². The molecule has 194 valence electrons. The molecule has 2 amide bonds. The second-order valence-corrected chi connectivity index (χ2v) is 12.4. The molecule has 0 aromatic rings. The summed E-state index contributed by atoms with van der Waals surface area (Å²) in [5.74, 6) is -3.37. The number of thioether (sulfide) groups is 1. The summed E-state index contributed by atoms with van der Waals surface area (Å²) >= 11 is 0.457. The summed E-state index contributed by atoms with van der Waals surface area (Å²) in [5.41, 5.74) is -0.518. The van der Waals surface area contributed by atoms with Gasteiger partial charge in [-0.2, -0.15) is 8.62 Å². The molecule has 2 aliphatic heterocycles. The number of imide groups is 1. The minimum absolute atomic E-state index is 0.412. The lowest BCUT2D eigenvalue weighted by molar-refractivity contribution is -0.136. The van der Waals surface area contributed by atoms with Crippen LogP contribution in [-0.4, -0.2) is 88.9 Å². The van der Waals surface area contributed by atoms with E-state index < -0.39 is 88.0 Å². The summed E-state index contributed by atoms with van der Waals surface area (Å²) in [7, 11) is -17.0. The number of rotatable bonds is 11. The standard InChI is InChI=1S/C12H18NO17P3S/c1-3(12(18)19)34-9-5(10(16)13-11(9)17)8-7(15)6(14)4(28-8)2-27-32(23,24)30-33(25,26)29-31(20,21)22/h3-4,6-8,14-15H,2H2,1H3,(H,18,19)(H,23,24)(H,25,26)(H,13,16,17)(H2,20,21,22)/t3-,4-,6-,7-,8+/m1/s1. The van der Waals surface area contributed by atoms with Crippen molar-refractivity contribution in [3.63, 3.8) is 0 Å². The van der Waals surface area contributed by atoms with Gasteiger partial charge in [0.25, 0.3) is 11.8 Å². The van der Waals surface area contributed by atoms with E-state index in [1.807, 2.05) is 5.32 Å². The van der Waals surface area contributed by atoms with Crippen molar-refractivity contribution in [1.29, 1.82) is 0 Å². The average molecular weight is 573 g/mol. The molecule has 22 heteroatoms. The van der Waals surface area contributed by atoms with Gasteiger partial charge in [0.2, 0.25) is 0 Å². The molecule has 7 atom stereocenters. The normalized spacial score (nSPS) is 30.1. The molecule has 0 radical (unpaired) electrons. The molecule has 0 aliphatic carbocycles. The van der Waals surface area contributed by atoms with Crippen LogP contribution in [0.1, 0.15) is 6.92 Å². The number of phosphoric ester groups is 1. The van der Waals surface area contributed by atoms with Crippen molar-refractivity contribution < 1.29 is 80.9 Å². The number of carboxylic acid groups (broad SMARTS) is 1. The lowest BCUT2D eigenvalue weighted by Crippen LogP contribution is -2.36. The van der Waals surface area contributed by atoms with Crippen LogP contribution in [0.3, 0.4) is 0 Å². The fourth-order valence-corrected chi connectivity index (χ4v) is 6.63. The summed E-state index contributed by atoms with van der Waals surface area (Å²) in [6, 6.07) is 0. The maximum absolute atomic E-state index is 12.2. The number of ether oxygens (including phenoxy) is 1. The van der Waals surface area contributed by atoms with E-state index in [0.29, 0.717) is 11.8 Å². The Balaban J connectivity index is 2.16. The number of phosphoric acid groups is 3. The van der Waals surface area contributed by atoms with Gasteiger partial charge < -0.3 is 39.6 Å². The molecule has 18 nitrogen and oxygen atoms in total. The quantitative estimate of drug-likeness (QED) is 0.0973. The SMILES string of the molecule is C[C@@H](SC1=C([C@@H]2O[C@H](COP(=O)(O)OP(=O)(O)OP(=O)(O)O)[C@@H](O)[C@H]2O)C(=O)NC1=O)C(=O)O. The van der Waals surface area contributed by atoms with E-state index in [1.165, 1.54) is 6.92 Å². The van der Waals surface area contributed by atoms with Gasteiger partial charge in [-0.1, -0.05) is 0 Å². The zero-order chi connectivity index (χ0) is 26.2. The number of aliphatic hydroxyl groups is 2. The second kappa shape index (κ2) is 10.5. The van der Waals surface area contributed by atoms with E-state index in [4.69, 9.17) is 24.5 Å². The Kier molecular flexibility index (Phi) is 9.06. The Morgan fingerprint density at radius 2 is 1.65 bits per heavy atom. The summed E-state index contributed by atoms with van der Waals surface area (Å²) in [4.78, 5) is 70.4. The Hall–Kier alpha value is -1.01. The molecule has 2 unspecified atom stereocenters. The zero-order valence-corrected chi connectivity index (χ0v) is 20.1. The molecule has 2 heterocycles. The van der Waals surface area contributed by atoms with Crippen molar-refractivity contribution in [2.24, 2.45) is 0 Å². The smallest absolute Gasteiger partial charge is 0.480 e. The average Bonchev–Trinajstić information content (AvgIpc) is 3.06. The number of nitrogens with one attached hydrogen (secondary N) is 1. The van der Waals surface area contributed by atoms with E-state index in [0.717, 1.165) is 0 Å². The van der Waals surface area contributed by atoms with Crippen molar-refractivity contribution in [1.82, 2.24) is 5.32 Å². The Morgan fingerprint density at radius 3 is 2.18 bits per heavy atom. The summed E-state index contributed by atoms with van der Waals surface area (Å²) < 4.78 is 50.3. The van der Waals surface area contributed by atoms with Crippen LogP contribution in [0.15, 0.2) is 10.5 Å². The van der Waals surface area contributed by atoms with Crippen molar-refractivity contribution in [2.45, 2.75) is 36.6 Å². The fourth-order valence-electron chi connectivity index (χ4n) is 2.65. The first-order chi connectivity index (χ1) is 15.3. The maximum Gasteiger partial charge on any atom is 0.490 e. The minimum atomic E-state index is -5.80. The summed E-state index contributed by atoms with van der Waals surface area (Å²) in [6.45, 7) is 0.0647. The molecule has 0 saturated carbocycles. The van der Waals surface area contributed by atoms with Crippen LogP contribution in [0.5, 0.6) is 0 Å². The lowest BCUT2D eigenvalue weighted by Gasteiger charge is -2.19. The number of hydrogen-bond donors (Lipinski definition) is 8. The summed E-state index contributed by atoms with van der Waals surface area (Å²) in [6.07, 6.45) is -7.27. The summed E-state index contributed by atoms with van der Waals surface area (Å²) in [5, 5.41) is 30.1. The lowest BCUT2D eigenvalue weighted by atomic mass is 10.0. The van der Waals surface area contributed by atoms with Crippen molar-refractivity contribution >= 4 is 53.0 Å². The number of carbonyl (C=O) groups excluding carboxylic acids is 2. The Morgan fingerprint density at radius 1 is 1.06 bits per heavy atom. The number of aliphatic hydroxyl groups excluding tert-OH is 2. The largest absolute Gasteiger partial charge is 0.490 e. The molecule has 34 heavy (non-hydrogen) atoms. The molecule has 1 saturated heterocycles. The Labute approximate surface area is 193 Å². The first kappa shape index (κ1) is 29.2. The van der Waals surface area contributed by atoms with Crippen LogP contribution < -0.4 is 5.32 Å². The number of aliphatic carboxylic acids is 1. The molecule has 2 aliphatic rings. The van der Waals surface area contributed by atoms with Crippen LogP contribution in [-0.2, 0) is 46.0 Å². The van der Waals surface area contributed by atoms with Gasteiger partial charge in [-0.05, 0) is 6.92 Å². The molecule has 0 spiro atoms. The fraction of sp³-hybridized carbons (Fsp3) is 0.583. The molecule has 8 N–H and O–H groups in total. The van der Waals surface area contributed by atoms with Crippen LogP contribution in [0.4, 0.5) is 0 Å². The van der Waals surface area contributed by atoms with Gasteiger partial charge in [0, 0.05) is 0 Å². The number of carboxylic acids is 1. The van der Waals surface area contributed by atoms with Crippen LogP contribution >= 0.6 is 35.2 Å². The first-order valence-electron chi connectivity index (χ1n) is 8.63. The van der Waals surface area contributed by atoms with Crippen LogP contribution in [0.2, 0.25) is 0 Å². The van der Waals surface area contributed by atoms with E-state index >= 15 is 0 Å². The Bertz CT molecular complexity index is 1040. The third kappa shape index (κ3) is 7.49. The van der Waals surface area contributed by atoms with Crippen molar-refractivity contribution in [2.75, 3.05) is 6.61 Å². The highest BCUT2D eigenvalue weighted by atomic mass is 32.2. The first-order valence-corrected chi connectivity index (χ1v) is 14.0. The number of hydrogen-bond acceptors (Lipinski definition) is 13. The zero-order valence-electron chi connectivity index (χ0n) is 16.6. The molecular weight excluding hydrogens is 555 g/mol. The van der Waals surface area contributed by atoms with Crippen molar-refractivity contribution in [3.05, 3.63) is 10.5 Å². The van der Waals surface area contributed by atoms with E-state index in [9.17, 15) is 43.2 Å². The van der Waals surface area contributed by atoms with Crippen molar-refractivity contribution in [3.8, 4) is 0 Å². The monoisotopic (exact) mass is 573 g/mol. The van der Waals surface area contributed by atoms with Gasteiger partial charge in [-0.25, -0.2) is 13.7 Å².